The molecule has 0 fully saturated rings. The van der Waals surface area contributed by atoms with Crippen molar-refractivity contribution in [3.63, 3.8) is 0 Å². The largest absolute Gasteiger partial charge is 0.383 e. The molecule has 0 saturated carbocycles. The number of aliphatic hydroxyl groups is 1. The molecule has 4 N–H and O–H groups in total. The third-order valence-corrected chi connectivity index (χ3v) is 5.19. The lowest BCUT2D eigenvalue weighted by atomic mass is 9.96. The number of hydrogen-bond acceptors (Lipinski definition) is 2. The van der Waals surface area contributed by atoms with Gasteiger partial charge in [-0.25, -0.2) is 0 Å². The van der Waals surface area contributed by atoms with E-state index in [9.17, 15) is 5.11 Å². The molecule has 132 valence electrons. The highest BCUT2D eigenvalue weighted by molar-refractivity contribution is 6.35. The summed E-state index contributed by atoms with van der Waals surface area (Å²) in [7, 11) is 0. The van der Waals surface area contributed by atoms with Crippen molar-refractivity contribution in [2.45, 2.75) is 31.4 Å². The van der Waals surface area contributed by atoms with E-state index in [1.54, 1.807) is 12.1 Å². The van der Waals surface area contributed by atoms with Crippen LogP contribution in [0.2, 0.25) is 10.0 Å². The zero-order valence-electron chi connectivity index (χ0n) is 14.0. The summed E-state index contributed by atoms with van der Waals surface area (Å²) in [6, 6.07) is 13.1. The minimum absolute atomic E-state index is 0.126. The van der Waals surface area contributed by atoms with Crippen LogP contribution in [0.15, 0.2) is 47.5 Å². The Kier molecular flexibility index (Phi) is 5.23. The van der Waals surface area contributed by atoms with Crippen molar-refractivity contribution >= 4 is 29.2 Å². The average molecular weight is 378 g/mol. The van der Waals surface area contributed by atoms with Crippen molar-refractivity contribution in [3.05, 3.63) is 69.2 Å². The van der Waals surface area contributed by atoms with E-state index in [2.05, 4.69) is 10.3 Å². The molecule has 2 unspecified atom stereocenters. The molecule has 2 aromatic rings. The number of guanidine groups is 1. The molecule has 2 aromatic carbocycles. The maximum atomic E-state index is 10.9. The summed E-state index contributed by atoms with van der Waals surface area (Å²) in [5.41, 5.74) is 8.06. The highest BCUT2D eigenvalue weighted by Crippen LogP contribution is 2.36. The molecule has 0 aromatic heterocycles. The van der Waals surface area contributed by atoms with Crippen LogP contribution in [-0.4, -0.2) is 17.6 Å². The number of hydrogen-bond donors (Lipinski definition) is 3. The van der Waals surface area contributed by atoms with E-state index >= 15 is 0 Å². The first-order valence-corrected chi connectivity index (χ1v) is 8.97. The van der Waals surface area contributed by atoms with E-state index in [1.807, 2.05) is 37.3 Å². The Balaban J connectivity index is 1.68. The van der Waals surface area contributed by atoms with Crippen molar-refractivity contribution in [3.8, 4) is 0 Å². The summed E-state index contributed by atoms with van der Waals surface area (Å²) in [6.45, 7) is 2.17. The quantitative estimate of drug-likeness (QED) is 0.560. The maximum absolute atomic E-state index is 10.9. The van der Waals surface area contributed by atoms with Gasteiger partial charge in [0.25, 0.3) is 0 Å². The fourth-order valence-electron chi connectivity index (χ4n) is 3.25. The first-order valence-electron chi connectivity index (χ1n) is 8.21. The summed E-state index contributed by atoms with van der Waals surface area (Å²) >= 11 is 12.1. The van der Waals surface area contributed by atoms with E-state index in [1.165, 1.54) is 5.56 Å². The van der Waals surface area contributed by atoms with Crippen molar-refractivity contribution in [2.24, 2.45) is 10.7 Å². The van der Waals surface area contributed by atoms with Gasteiger partial charge in [-0.15, -0.1) is 0 Å². The predicted molar refractivity (Wildman–Crippen MR) is 103 cm³/mol. The van der Waals surface area contributed by atoms with E-state index in [0.717, 1.165) is 17.5 Å². The second-order valence-corrected chi connectivity index (χ2v) is 7.27. The van der Waals surface area contributed by atoms with E-state index < -0.39 is 5.60 Å². The first kappa shape index (κ1) is 18.1. The summed E-state index contributed by atoms with van der Waals surface area (Å²) in [5.74, 6) is 0.274. The Labute approximate surface area is 157 Å². The van der Waals surface area contributed by atoms with Crippen LogP contribution in [0.3, 0.4) is 0 Å². The van der Waals surface area contributed by atoms with Crippen LogP contribution in [-0.2, 0) is 12.0 Å². The van der Waals surface area contributed by atoms with E-state index in [0.29, 0.717) is 16.5 Å². The number of nitrogens with two attached hydrogens (primary N) is 1. The Hall–Kier alpha value is -1.75. The predicted octanol–water partition coefficient (Wildman–Crippen LogP) is 3.79. The Morgan fingerprint density at radius 2 is 2.08 bits per heavy atom. The number of rotatable bonds is 4. The van der Waals surface area contributed by atoms with E-state index in [-0.39, 0.29) is 18.5 Å². The van der Waals surface area contributed by atoms with Gasteiger partial charge in [-0.05, 0) is 48.6 Å². The van der Waals surface area contributed by atoms with Gasteiger partial charge in [0.05, 0.1) is 12.6 Å². The lowest BCUT2D eigenvalue weighted by Crippen LogP contribution is -2.36. The fourth-order valence-corrected chi connectivity index (χ4v) is 3.82. The van der Waals surface area contributed by atoms with Gasteiger partial charge in [0.15, 0.2) is 5.96 Å². The summed E-state index contributed by atoms with van der Waals surface area (Å²) in [6.07, 6.45) is 1.51. The molecule has 0 spiro atoms. The number of nitrogens with zero attached hydrogens (tertiary/aromatic N) is 1. The van der Waals surface area contributed by atoms with Crippen molar-refractivity contribution in [2.75, 3.05) is 6.54 Å². The Morgan fingerprint density at radius 1 is 1.32 bits per heavy atom. The molecule has 4 nitrogen and oxygen atoms in total. The number of aryl methyl sites for hydroxylation is 1. The molecular formula is C19H21Cl2N3O. The maximum Gasteiger partial charge on any atom is 0.189 e. The smallest absolute Gasteiger partial charge is 0.189 e. The third kappa shape index (κ3) is 3.92. The molecule has 1 aliphatic carbocycles. The standard InChI is InChI=1S/C19H21Cl2N3O/c1-12(15-7-6-14(20)10-17(15)21)24-18(22)23-11-19(25)9-8-13-4-2-3-5-16(13)19/h2-7,10,12,25H,8-9,11H2,1H3,(H3,22,23,24). The number of fused-ring (bicyclic) bond motifs is 1. The van der Waals surface area contributed by atoms with Crippen molar-refractivity contribution in [1.29, 1.82) is 0 Å². The number of benzene rings is 2. The van der Waals surface area contributed by atoms with Crippen molar-refractivity contribution in [1.82, 2.24) is 5.32 Å². The Bertz CT molecular complexity index is 809. The molecule has 3 rings (SSSR count). The lowest BCUT2D eigenvalue weighted by molar-refractivity contribution is 0.0486. The van der Waals surface area contributed by atoms with Gasteiger partial charge in [0.1, 0.15) is 5.60 Å². The van der Waals surface area contributed by atoms with Gasteiger partial charge >= 0.3 is 0 Å². The average Bonchev–Trinajstić information content (AvgIpc) is 2.91. The minimum Gasteiger partial charge on any atom is -0.383 e. The van der Waals surface area contributed by atoms with Crippen molar-refractivity contribution < 1.29 is 5.11 Å². The minimum atomic E-state index is -0.954. The third-order valence-electron chi connectivity index (χ3n) is 4.63. The van der Waals surface area contributed by atoms with Crippen LogP contribution in [0.1, 0.15) is 36.1 Å². The van der Waals surface area contributed by atoms with Crippen LogP contribution in [0.25, 0.3) is 0 Å². The monoisotopic (exact) mass is 377 g/mol. The van der Waals surface area contributed by atoms with Gasteiger partial charge in [0, 0.05) is 10.0 Å². The van der Waals surface area contributed by atoms with Gasteiger partial charge in [0.2, 0.25) is 0 Å². The van der Waals surface area contributed by atoms with Crippen LogP contribution in [0, 0.1) is 0 Å². The molecule has 0 bridgehead atoms. The van der Waals surface area contributed by atoms with Crippen LogP contribution >= 0.6 is 23.2 Å². The molecule has 0 amide bonds. The molecule has 0 heterocycles. The molecule has 0 radical (unpaired) electrons. The molecule has 25 heavy (non-hydrogen) atoms. The second kappa shape index (κ2) is 7.24. The zero-order valence-corrected chi connectivity index (χ0v) is 15.5. The second-order valence-electron chi connectivity index (χ2n) is 6.42. The SMILES string of the molecule is CC(NC(N)=NCC1(O)CCc2ccccc21)c1ccc(Cl)cc1Cl. The van der Waals surface area contributed by atoms with Crippen LogP contribution in [0.4, 0.5) is 0 Å². The lowest BCUT2D eigenvalue weighted by Gasteiger charge is -2.23. The summed E-state index contributed by atoms with van der Waals surface area (Å²) < 4.78 is 0. The van der Waals surface area contributed by atoms with E-state index in [4.69, 9.17) is 28.9 Å². The molecule has 0 saturated heterocycles. The normalized spacial score (nSPS) is 21.0. The summed E-state index contributed by atoms with van der Waals surface area (Å²) in [5, 5.41) is 15.2. The fraction of sp³-hybridized carbons (Fsp3) is 0.316. The number of aliphatic imine (C=N–C) groups is 1. The van der Waals surface area contributed by atoms with Gasteiger partial charge in [-0.3, -0.25) is 4.99 Å². The summed E-state index contributed by atoms with van der Waals surface area (Å²) in [4.78, 5) is 4.35. The Morgan fingerprint density at radius 3 is 2.84 bits per heavy atom. The van der Waals surface area contributed by atoms with Crippen LogP contribution in [0.5, 0.6) is 0 Å². The first-order chi connectivity index (χ1) is 11.9. The highest BCUT2D eigenvalue weighted by Gasteiger charge is 2.36. The zero-order chi connectivity index (χ0) is 18.0. The van der Waals surface area contributed by atoms with Gasteiger partial charge in [-0.2, -0.15) is 0 Å². The highest BCUT2D eigenvalue weighted by atomic mass is 35.5. The molecular weight excluding hydrogens is 357 g/mol. The van der Waals surface area contributed by atoms with Gasteiger partial charge < -0.3 is 16.2 Å². The topological polar surface area (TPSA) is 70.6 Å². The molecule has 2 atom stereocenters. The molecule has 0 aliphatic heterocycles. The van der Waals surface area contributed by atoms with Gasteiger partial charge in [-0.1, -0.05) is 53.5 Å². The molecule has 6 heteroatoms. The number of halogens is 2. The number of nitrogens with one attached hydrogen (secondary N) is 1. The molecule has 1 aliphatic rings. The van der Waals surface area contributed by atoms with Crippen LogP contribution < -0.4 is 11.1 Å².